The first-order valence-electron chi connectivity index (χ1n) is 8.14. The molecule has 2 aromatic carbocycles. The normalized spacial score (nSPS) is 14.5. The third-order valence-electron chi connectivity index (χ3n) is 3.74. The number of hydrogen-bond acceptors (Lipinski definition) is 7. The maximum Gasteiger partial charge on any atom is 0.363 e. The smallest absolute Gasteiger partial charge is 0.363 e. The second-order valence-corrected chi connectivity index (χ2v) is 6.10. The first-order valence-corrected chi connectivity index (χ1v) is 8.52. The van der Waals surface area contributed by atoms with Crippen LogP contribution in [0.25, 0.3) is 6.08 Å². The molecule has 28 heavy (non-hydrogen) atoms. The van der Waals surface area contributed by atoms with Gasteiger partial charge in [0.25, 0.3) is 0 Å². The lowest BCUT2D eigenvalue weighted by molar-refractivity contribution is -0.132. The maximum atomic E-state index is 12.2. The zero-order valence-corrected chi connectivity index (χ0v) is 16.1. The Morgan fingerprint density at radius 2 is 1.96 bits per heavy atom. The number of aliphatic imine (C=N–C) groups is 1. The average Bonchev–Trinajstić information content (AvgIpc) is 3.04. The van der Waals surface area contributed by atoms with E-state index in [-0.39, 0.29) is 28.1 Å². The van der Waals surface area contributed by atoms with Gasteiger partial charge in [0.2, 0.25) is 5.90 Å². The van der Waals surface area contributed by atoms with E-state index in [4.69, 9.17) is 30.5 Å². The van der Waals surface area contributed by atoms with Crippen LogP contribution in [0, 0.1) is 0 Å². The van der Waals surface area contributed by atoms with E-state index in [1.807, 2.05) is 0 Å². The Balaban J connectivity index is 1.96. The summed E-state index contributed by atoms with van der Waals surface area (Å²) in [6.07, 6.45) is 1.50. The molecule has 0 aliphatic carbocycles. The quantitative estimate of drug-likeness (QED) is 0.432. The van der Waals surface area contributed by atoms with Crippen LogP contribution < -0.4 is 14.2 Å². The molecule has 0 amide bonds. The number of rotatable bonds is 5. The summed E-state index contributed by atoms with van der Waals surface area (Å²) in [6.45, 7) is 1.26. The van der Waals surface area contributed by atoms with Gasteiger partial charge in [0.15, 0.2) is 17.2 Å². The number of carbonyl (C=O) groups is 2. The van der Waals surface area contributed by atoms with Crippen LogP contribution in [0.5, 0.6) is 17.2 Å². The van der Waals surface area contributed by atoms with Crippen molar-refractivity contribution in [3.63, 3.8) is 0 Å². The largest absolute Gasteiger partial charge is 0.497 e. The molecule has 1 aliphatic heterocycles. The van der Waals surface area contributed by atoms with Gasteiger partial charge in [0.05, 0.1) is 19.2 Å². The molecular weight excluding hydrogens is 386 g/mol. The van der Waals surface area contributed by atoms with E-state index in [9.17, 15) is 9.59 Å². The molecule has 0 unspecified atom stereocenters. The van der Waals surface area contributed by atoms with E-state index in [0.717, 1.165) is 0 Å². The molecule has 1 aliphatic rings. The Morgan fingerprint density at radius 1 is 1.18 bits per heavy atom. The van der Waals surface area contributed by atoms with Gasteiger partial charge >= 0.3 is 11.9 Å². The molecular formula is C20H16ClNO6. The number of benzene rings is 2. The third kappa shape index (κ3) is 4.15. The Hall–Kier alpha value is -3.32. The Bertz CT molecular complexity index is 1010. The lowest BCUT2D eigenvalue weighted by Crippen LogP contribution is -2.05. The molecule has 0 saturated heterocycles. The van der Waals surface area contributed by atoms with Crippen molar-refractivity contribution >= 4 is 35.5 Å². The number of nitrogens with zero attached hydrogens (tertiary/aromatic N) is 1. The predicted molar refractivity (Wildman–Crippen MR) is 103 cm³/mol. The van der Waals surface area contributed by atoms with E-state index < -0.39 is 11.9 Å². The number of cyclic esters (lactones) is 1. The van der Waals surface area contributed by atoms with Crippen molar-refractivity contribution in [2.24, 2.45) is 4.99 Å². The minimum atomic E-state index is -0.600. The van der Waals surface area contributed by atoms with Crippen molar-refractivity contribution in [2.75, 3.05) is 14.2 Å². The van der Waals surface area contributed by atoms with Crippen LogP contribution in [0.4, 0.5) is 0 Å². The molecule has 7 nitrogen and oxygen atoms in total. The number of methoxy groups -OCH3 is 2. The molecule has 0 fully saturated rings. The van der Waals surface area contributed by atoms with Crippen molar-refractivity contribution in [3.8, 4) is 17.2 Å². The summed E-state index contributed by atoms with van der Waals surface area (Å²) >= 11 is 6.18. The number of halogens is 1. The predicted octanol–water partition coefficient (Wildman–Crippen LogP) is 3.63. The van der Waals surface area contributed by atoms with Gasteiger partial charge in [0, 0.05) is 12.5 Å². The highest BCUT2D eigenvalue weighted by Crippen LogP contribution is 2.37. The molecule has 0 spiro atoms. The standard InChI is InChI=1S/C20H16ClNO6/c1-11(23)27-18-15(21)7-12(9-17(18)26-3)8-16-20(24)28-19(22-16)13-5-4-6-14(10-13)25-2/h4-10H,1-3H3. The summed E-state index contributed by atoms with van der Waals surface area (Å²) < 4.78 is 20.7. The number of esters is 2. The summed E-state index contributed by atoms with van der Waals surface area (Å²) in [6, 6.07) is 10.1. The van der Waals surface area contributed by atoms with Crippen LogP contribution >= 0.6 is 11.6 Å². The first kappa shape index (κ1) is 19.4. The maximum absolute atomic E-state index is 12.2. The molecule has 144 valence electrons. The first-order chi connectivity index (χ1) is 13.4. The van der Waals surface area contributed by atoms with Crippen LogP contribution in [0.15, 0.2) is 47.1 Å². The van der Waals surface area contributed by atoms with Gasteiger partial charge in [-0.1, -0.05) is 17.7 Å². The summed E-state index contributed by atoms with van der Waals surface area (Å²) in [5.74, 6) is 0.0116. The Kier molecular flexibility index (Phi) is 5.65. The zero-order chi connectivity index (χ0) is 20.3. The van der Waals surface area contributed by atoms with Crippen LogP contribution in [-0.2, 0) is 14.3 Å². The Labute approximate surface area is 166 Å². The highest BCUT2D eigenvalue weighted by atomic mass is 35.5. The third-order valence-corrected chi connectivity index (χ3v) is 4.02. The van der Waals surface area contributed by atoms with Crippen molar-refractivity contribution in [2.45, 2.75) is 6.92 Å². The fourth-order valence-electron chi connectivity index (χ4n) is 2.51. The van der Waals surface area contributed by atoms with Gasteiger partial charge < -0.3 is 18.9 Å². The zero-order valence-electron chi connectivity index (χ0n) is 15.3. The number of hydrogen-bond donors (Lipinski definition) is 0. The molecule has 2 aromatic rings. The van der Waals surface area contributed by atoms with Gasteiger partial charge in [-0.25, -0.2) is 9.79 Å². The van der Waals surface area contributed by atoms with E-state index in [1.165, 1.54) is 26.2 Å². The van der Waals surface area contributed by atoms with Crippen LogP contribution in [-0.4, -0.2) is 32.1 Å². The minimum Gasteiger partial charge on any atom is -0.497 e. The highest BCUT2D eigenvalue weighted by molar-refractivity contribution is 6.32. The highest BCUT2D eigenvalue weighted by Gasteiger charge is 2.25. The van der Waals surface area contributed by atoms with Gasteiger partial charge in [-0.05, 0) is 42.0 Å². The summed E-state index contributed by atoms with van der Waals surface area (Å²) in [4.78, 5) is 27.7. The van der Waals surface area contributed by atoms with Crippen molar-refractivity contribution < 1.29 is 28.5 Å². The van der Waals surface area contributed by atoms with Gasteiger partial charge in [0.1, 0.15) is 5.75 Å². The molecule has 0 bridgehead atoms. The second kappa shape index (κ2) is 8.14. The van der Waals surface area contributed by atoms with Crippen molar-refractivity contribution in [1.82, 2.24) is 0 Å². The number of carbonyl (C=O) groups excluding carboxylic acids is 2. The molecule has 1 heterocycles. The van der Waals surface area contributed by atoms with Crippen LogP contribution in [0.3, 0.4) is 0 Å². The van der Waals surface area contributed by atoms with E-state index in [1.54, 1.807) is 37.4 Å². The van der Waals surface area contributed by atoms with Gasteiger partial charge in [-0.3, -0.25) is 4.79 Å². The minimum absolute atomic E-state index is 0.0937. The summed E-state index contributed by atoms with van der Waals surface area (Å²) in [7, 11) is 2.96. The van der Waals surface area contributed by atoms with Crippen LogP contribution in [0.1, 0.15) is 18.1 Å². The van der Waals surface area contributed by atoms with Gasteiger partial charge in [-0.2, -0.15) is 0 Å². The molecule has 0 aromatic heterocycles. The fourth-order valence-corrected chi connectivity index (χ4v) is 2.77. The lowest BCUT2D eigenvalue weighted by atomic mass is 10.1. The molecule has 3 rings (SSSR count). The van der Waals surface area contributed by atoms with Crippen LogP contribution in [0.2, 0.25) is 5.02 Å². The average molecular weight is 402 g/mol. The Morgan fingerprint density at radius 3 is 2.64 bits per heavy atom. The van der Waals surface area contributed by atoms with E-state index in [2.05, 4.69) is 4.99 Å². The number of ether oxygens (including phenoxy) is 4. The molecule has 0 radical (unpaired) electrons. The SMILES string of the molecule is COc1cccc(C2=NC(=Cc3cc(Cl)c(OC(C)=O)c(OC)c3)C(=O)O2)c1. The molecule has 0 N–H and O–H groups in total. The lowest BCUT2D eigenvalue weighted by Gasteiger charge is -2.10. The van der Waals surface area contributed by atoms with E-state index >= 15 is 0 Å². The monoisotopic (exact) mass is 401 g/mol. The van der Waals surface area contributed by atoms with Crippen molar-refractivity contribution in [1.29, 1.82) is 0 Å². The fraction of sp³-hybridized carbons (Fsp3) is 0.150. The molecule has 0 atom stereocenters. The summed E-state index contributed by atoms with van der Waals surface area (Å²) in [5, 5.41) is 0.157. The molecule has 8 heteroatoms. The van der Waals surface area contributed by atoms with Crippen molar-refractivity contribution in [3.05, 3.63) is 58.2 Å². The second-order valence-electron chi connectivity index (χ2n) is 5.70. The van der Waals surface area contributed by atoms with E-state index in [0.29, 0.717) is 16.9 Å². The molecule has 0 saturated carbocycles. The van der Waals surface area contributed by atoms with Gasteiger partial charge in [-0.15, -0.1) is 0 Å². The topological polar surface area (TPSA) is 83.4 Å². The summed E-state index contributed by atoms with van der Waals surface area (Å²) in [5.41, 5.74) is 1.23.